The molecule has 1 aromatic heterocycles. The van der Waals surface area contributed by atoms with Gasteiger partial charge in [0.25, 0.3) is 5.91 Å². The molecule has 27 heavy (non-hydrogen) atoms. The molecule has 1 aliphatic carbocycles. The fourth-order valence-electron chi connectivity index (χ4n) is 3.34. The molecular weight excluding hydrogens is 362 g/mol. The van der Waals surface area contributed by atoms with Crippen LogP contribution in [-0.4, -0.2) is 24.6 Å². The standard InChI is InChI=1S/C21H25NO4S/c1-5-25-21(24)17-15-10-7-11-16(15)27-20(17)22-19(23)14(4)26-18-12(2)8-6-9-13(18)3/h6,8-9,14H,5,7,10-11H2,1-4H3,(H,22,23). The molecule has 1 heterocycles. The Balaban J connectivity index is 1.79. The highest BCUT2D eigenvalue weighted by Gasteiger charge is 2.29. The lowest BCUT2D eigenvalue weighted by Crippen LogP contribution is -2.31. The maximum absolute atomic E-state index is 12.7. The number of hydrogen-bond donors (Lipinski definition) is 1. The molecule has 1 aromatic carbocycles. The van der Waals surface area contributed by atoms with E-state index in [0.717, 1.165) is 46.6 Å². The van der Waals surface area contributed by atoms with Gasteiger partial charge >= 0.3 is 5.97 Å². The third-order valence-electron chi connectivity index (χ3n) is 4.71. The topological polar surface area (TPSA) is 64.6 Å². The highest BCUT2D eigenvalue weighted by Crippen LogP contribution is 2.39. The van der Waals surface area contributed by atoms with Crippen molar-refractivity contribution in [2.75, 3.05) is 11.9 Å². The van der Waals surface area contributed by atoms with Crippen LogP contribution in [0, 0.1) is 13.8 Å². The summed E-state index contributed by atoms with van der Waals surface area (Å²) in [5.74, 6) is 0.0816. The molecular formula is C21H25NO4S. The predicted molar refractivity (Wildman–Crippen MR) is 107 cm³/mol. The van der Waals surface area contributed by atoms with E-state index in [-0.39, 0.29) is 11.9 Å². The number of carbonyl (C=O) groups excluding carboxylic acids is 2. The van der Waals surface area contributed by atoms with E-state index in [1.165, 1.54) is 11.3 Å². The van der Waals surface area contributed by atoms with Gasteiger partial charge in [0.1, 0.15) is 10.8 Å². The predicted octanol–water partition coefficient (Wildman–Crippen LogP) is 4.44. The molecule has 3 rings (SSSR count). The van der Waals surface area contributed by atoms with Gasteiger partial charge in [-0.15, -0.1) is 11.3 Å². The van der Waals surface area contributed by atoms with Crippen molar-refractivity contribution in [3.8, 4) is 5.75 Å². The van der Waals surface area contributed by atoms with Gasteiger partial charge in [0.05, 0.1) is 12.2 Å². The molecule has 0 fully saturated rings. The van der Waals surface area contributed by atoms with E-state index in [9.17, 15) is 9.59 Å². The number of anilines is 1. The van der Waals surface area contributed by atoms with E-state index in [0.29, 0.717) is 17.2 Å². The molecule has 2 aromatic rings. The molecule has 5 nitrogen and oxygen atoms in total. The number of ether oxygens (including phenoxy) is 2. The van der Waals surface area contributed by atoms with Gasteiger partial charge in [0, 0.05) is 4.88 Å². The number of amides is 1. The average molecular weight is 388 g/mol. The zero-order valence-electron chi connectivity index (χ0n) is 16.2. The molecule has 1 atom stereocenters. The fraction of sp³-hybridized carbons (Fsp3) is 0.429. The van der Waals surface area contributed by atoms with Crippen molar-refractivity contribution in [3.63, 3.8) is 0 Å². The van der Waals surface area contributed by atoms with Crippen LogP contribution in [0.1, 0.15) is 52.2 Å². The minimum absolute atomic E-state index is 0.275. The number of benzene rings is 1. The second kappa shape index (κ2) is 8.13. The van der Waals surface area contributed by atoms with Crippen LogP contribution in [0.2, 0.25) is 0 Å². The highest BCUT2D eigenvalue weighted by atomic mass is 32.1. The largest absolute Gasteiger partial charge is 0.480 e. The lowest BCUT2D eigenvalue weighted by atomic mass is 10.1. The second-order valence-electron chi connectivity index (χ2n) is 6.75. The normalized spacial score (nSPS) is 13.8. The van der Waals surface area contributed by atoms with Crippen molar-refractivity contribution in [1.82, 2.24) is 0 Å². The second-order valence-corrected chi connectivity index (χ2v) is 7.86. The number of hydrogen-bond acceptors (Lipinski definition) is 5. The number of nitrogens with one attached hydrogen (secondary N) is 1. The molecule has 1 aliphatic rings. The minimum atomic E-state index is -0.684. The maximum Gasteiger partial charge on any atom is 0.341 e. The molecule has 1 unspecified atom stereocenters. The van der Waals surface area contributed by atoms with Gasteiger partial charge in [-0.2, -0.15) is 0 Å². The van der Waals surface area contributed by atoms with Crippen LogP contribution in [0.5, 0.6) is 5.75 Å². The van der Waals surface area contributed by atoms with Gasteiger partial charge in [-0.3, -0.25) is 4.79 Å². The first-order valence-corrected chi connectivity index (χ1v) is 10.1. The highest BCUT2D eigenvalue weighted by molar-refractivity contribution is 7.17. The van der Waals surface area contributed by atoms with Crippen molar-refractivity contribution in [2.24, 2.45) is 0 Å². The van der Waals surface area contributed by atoms with Crippen LogP contribution >= 0.6 is 11.3 Å². The van der Waals surface area contributed by atoms with Crippen molar-refractivity contribution in [2.45, 2.75) is 53.1 Å². The lowest BCUT2D eigenvalue weighted by molar-refractivity contribution is -0.122. The van der Waals surface area contributed by atoms with Crippen LogP contribution in [0.3, 0.4) is 0 Å². The Bertz CT molecular complexity index is 851. The van der Waals surface area contributed by atoms with Gasteiger partial charge in [-0.25, -0.2) is 4.79 Å². The number of carbonyl (C=O) groups is 2. The monoisotopic (exact) mass is 387 g/mol. The molecule has 6 heteroatoms. The lowest BCUT2D eigenvalue weighted by Gasteiger charge is -2.18. The van der Waals surface area contributed by atoms with Gasteiger partial charge in [-0.05, 0) is 63.6 Å². The zero-order valence-corrected chi connectivity index (χ0v) is 17.0. The van der Waals surface area contributed by atoms with Gasteiger partial charge in [0.15, 0.2) is 6.10 Å². The van der Waals surface area contributed by atoms with Crippen molar-refractivity contribution < 1.29 is 19.1 Å². The minimum Gasteiger partial charge on any atom is -0.480 e. The third-order valence-corrected chi connectivity index (χ3v) is 5.92. The summed E-state index contributed by atoms with van der Waals surface area (Å²) in [6.07, 6.45) is 2.14. The summed E-state index contributed by atoms with van der Waals surface area (Å²) < 4.78 is 11.1. The van der Waals surface area contributed by atoms with E-state index in [1.807, 2.05) is 32.0 Å². The molecule has 0 saturated heterocycles. The summed E-state index contributed by atoms with van der Waals surface area (Å²) in [5.41, 5.74) is 3.51. The molecule has 0 radical (unpaired) electrons. The van der Waals surface area contributed by atoms with Gasteiger partial charge < -0.3 is 14.8 Å². The average Bonchev–Trinajstić information content (AvgIpc) is 3.18. The van der Waals surface area contributed by atoms with Gasteiger partial charge in [0.2, 0.25) is 0 Å². The number of rotatable bonds is 6. The fourth-order valence-corrected chi connectivity index (χ4v) is 4.62. The Morgan fingerprint density at radius 2 is 1.93 bits per heavy atom. The Labute approximate surface area is 163 Å². The molecule has 144 valence electrons. The molecule has 0 spiro atoms. The van der Waals surface area contributed by atoms with E-state index < -0.39 is 6.10 Å². The van der Waals surface area contributed by atoms with Crippen molar-refractivity contribution in [1.29, 1.82) is 0 Å². The zero-order chi connectivity index (χ0) is 19.6. The maximum atomic E-state index is 12.7. The molecule has 1 amide bonds. The van der Waals surface area contributed by atoms with Crippen LogP contribution in [-0.2, 0) is 22.4 Å². The molecule has 0 aliphatic heterocycles. The van der Waals surface area contributed by atoms with E-state index in [2.05, 4.69) is 5.32 Å². The molecule has 0 bridgehead atoms. The summed E-state index contributed by atoms with van der Waals surface area (Å²) in [4.78, 5) is 26.3. The smallest absolute Gasteiger partial charge is 0.341 e. The first-order valence-electron chi connectivity index (χ1n) is 9.27. The first-order chi connectivity index (χ1) is 12.9. The van der Waals surface area contributed by atoms with E-state index in [1.54, 1.807) is 13.8 Å². The summed E-state index contributed by atoms with van der Waals surface area (Å²) >= 11 is 1.47. The van der Waals surface area contributed by atoms with E-state index in [4.69, 9.17) is 9.47 Å². The number of para-hydroxylation sites is 1. The Morgan fingerprint density at radius 3 is 2.59 bits per heavy atom. The first kappa shape index (κ1) is 19.4. The summed E-state index contributed by atoms with van der Waals surface area (Å²) in [5, 5.41) is 3.46. The van der Waals surface area contributed by atoms with Crippen molar-refractivity contribution >= 4 is 28.2 Å². The van der Waals surface area contributed by atoms with Crippen LogP contribution in [0.25, 0.3) is 0 Å². The third kappa shape index (κ3) is 4.00. The summed E-state index contributed by atoms with van der Waals surface area (Å²) in [7, 11) is 0. The Hall–Kier alpha value is -2.34. The molecule has 0 saturated carbocycles. The van der Waals surface area contributed by atoms with Gasteiger partial charge in [-0.1, -0.05) is 18.2 Å². The Morgan fingerprint density at radius 1 is 1.22 bits per heavy atom. The van der Waals surface area contributed by atoms with Crippen LogP contribution in [0.4, 0.5) is 5.00 Å². The number of thiophene rings is 1. The number of fused-ring (bicyclic) bond motifs is 1. The SMILES string of the molecule is CCOC(=O)c1c(NC(=O)C(C)Oc2c(C)cccc2C)sc2c1CCC2. The Kier molecular flexibility index (Phi) is 5.85. The van der Waals surface area contributed by atoms with E-state index >= 15 is 0 Å². The summed E-state index contributed by atoms with van der Waals surface area (Å²) in [6, 6.07) is 5.87. The number of aryl methyl sites for hydroxylation is 3. The summed E-state index contributed by atoms with van der Waals surface area (Å²) in [6.45, 7) is 7.71. The quantitative estimate of drug-likeness (QED) is 0.745. The van der Waals surface area contributed by atoms with Crippen molar-refractivity contribution in [3.05, 3.63) is 45.3 Å². The van der Waals surface area contributed by atoms with Crippen LogP contribution in [0.15, 0.2) is 18.2 Å². The number of esters is 1. The molecule has 1 N–H and O–H groups in total. The van der Waals surface area contributed by atoms with Crippen LogP contribution < -0.4 is 10.1 Å².